The van der Waals surface area contributed by atoms with Gasteiger partial charge >= 0.3 is 0 Å². The number of nitrogens with one attached hydrogen (secondary N) is 2. The zero-order valence-corrected chi connectivity index (χ0v) is 13.7. The second kappa shape index (κ2) is 6.43. The summed E-state index contributed by atoms with van der Waals surface area (Å²) in [5.41, 5.74) is 6.86. The number of rotatable bonds is 6. The molecule has 4 N–H and O–H groups in total. The highest BCUT2D eigenvalue weighted by Gasteiger charge is 2.28. The monoisotopic (exact) mass is 315 g/mol. The first kappa shape index (κ1) is 16.4. The maximum absolute atomic E-state index is 12.3. The average molecular weight is 315 g/mol. The van der Waals surface area contributed by atoms with E-state index in [4.69, 9.17) is 5.73 Å². The summed E-state index contributed by atoms with van der Waals surface area (Å²) in [4.78, 5) is 2.36. The van der Waals surface area contributed by atoms with E-state index in [0.29, 0.717) is 29.8 Å². The Hall–Kier alpha value is -0.960. The fraction of sp³-hybridized carbons (Fsp3) is 0.769. The Morgan fingerprint density at radius 1 is 1.52 bits per heavy atom. The van der Waals surface area contributed by atoms with Crippen LogP contribution < -0.4 is 10.5 Å². The van der Waals surface area contributed by atoms with Gasteiger partial charge in [-0.1, -0.05) is 0 Å². The SMILES string of the molecule is Cc1[nH]nc(S(=O)(=O)NCC2CCN(C(C)C)C2)c1CN. The first-order valence-electron chi connectivity index (χ1n) is 7.32. The van der Waals surface area contributed by atoms with Crippen LogP contribution in [0, 0.1) is 12.8 Å². The van der Waals surface area contributed by atoms with Gasteiger partial charge in [-0.05, 0) is 39.7 Å². The van der Waals surface area contributed by atoms with Crippen LogP contribution in [-0.2, 0) is 16.6 Å². The van der Waals surface area contributed by atoms with Crippen molar-refractivity contribution in [3.8, 4) is 0 Å². The van der Waals surface area contributed by atoms with E-state index in [-0.39, 0.29) is 11.6 Å². The first-order chi connectivity index (χ1) is 9.85. The Bertz CT molecular complexity index is 581. The topological polar surface area (TPSA) is 104 Å². The number of aromatic amines is 1. The normalized spacial score (nSPS) is 20.5. The number of nitrogens with zero attached hydrogens (tertiary/aromatic N) is 2. The molecule has 0 amide bonds. The molecule has 0 bridgehead atoms. The van der Waals surface area contributed by atoms with Crippen molar-refractivity contribution in [2.24, 2.45) is 11.7 Å². The molecule has 2 heterocycles. The maximum atomic E-state index is 12.3. The van der Waals surface area contributed by atoms with E-state index in [1.165, 1.54) is 0 Å². The molecule has 0 aromatic carbocycles. The summed E-state index contributed by atoms with van der Waals surface area (Å²) in [7, 11) is -3.60. The van der Waals surface area contributed by atoms with Gasteiger partial charge in [0, 0.05) is 36.9 Å². The summed E-state index contributed by atoms with van der Waals surface area (Å²) in [6.45, 7) is 8.65. The van der Waals surface area contributed by atoms with Crippen LogP contribution >= 0.6 is 0 Å². The molecule has 0 aliphatic carbocycles. The summed E-state index contributed by atoms with van der Waals surface area (Å²) in [6, 6.07) is 0.504. The third-order valence-electron chi connectivity index (χ3n) is 4.10. The molecule has 120 valence electrons. The Morgan fingerprint density at radius 3 is 2.81 bits per heavy atom. The van der Waals surface area contributed by atoms with Gasteiger partial charge in [0.2, 0.25) is 0 Å². The van der Waals surface area contributed by atoms with Crippen LogP contribution in [0.3, 0.4) is 0 Å². The number of sulfonamides is 1. The van der Waals surface area contributed by atoms with Crippen molar-refractivity contribution in [1.29, 1.82) is 0 Å². The standard InChI is InChI=1S/C13H25N5O2S/c1-9(2)18-5-4-11(8-18)7-15-21(19,20)13-12(6-14)10(3)16-17-13/h9,11,15H,4-8,14H2,1-3H3,(H,16,17). The molecule has 7 nitrogen and oxygen atoms in total. The van der Waals surface area contributed by atoms with Gasteiger partial charge in [0.1, 0.15) is 0 Å². The number of aromatic nitrogens is 2. The second-order valence-corrected chi connectivity index (χ2v) is 7.61. The van der Waals surface area contributed by atoms with E-state index >= 15 is 0 Å². The number of H-pyrrole nitrogens is 1. The van der Waals surface area contributed by atoms with Crippen LogP contribution in [0.5, 0.6) is 0 Å². The molecular weight excluding hydrogens is 290 g/mol. The Kier molecular flexibility index (Phi) is 5.03. The molecule has 0 radical (unpaired) electrons. The van der Waals surface area contributed by atoms with Crippen LogP contribution in [0.15, 0.2) is 5.03 Å². The molecule has 1 aromatic rings. The van der Waals surface area contributed by atoms with E-state index in [0.717, 1.165) is 19.5 Å². The molecular formula is C13H25N5O2S. The van der Waals surface area contributed by atoms with Crippen molar-refractivity contribution in [3.05, 3.63) is 11.3 Å². The van der Waals surface area contributed by atoms with Crippen molar-refractivity contribution in [1.82, 2.24) is 19.8 Å². The Balaban J connectivity index is 1.99. The number of likely N-dealkylation sites (tertiary alicyclic amines) is 1. The predicted molar refractivity (Wildman–Crippen MR) is 81.2 cm³/mol. The summed E-state index contributed by atoms with van der Waals surface area (Å²) < 4.78 is 27.3. The molecule has 0 spiro atoms. The van der Waals surface area contributed by atoms with Crippen LogP contribution in [-0.4, -0.2) is 49.2 Å². The Morgan fingerprint density at radius 2 is 2.24 bits per heavy atom. The van der Waals surface area contributed by atoms with Crippen LogP contribution in [0.1, 0.15) is 31.5 Å². The predicted octanol–water partition coefficient (Wildman–Crippen LogP) is 0.185. The quantitative estimate of drug-likeness (QED) is 0.695. The lowest BCUT2D eigenvalue weighted by Crippen LogP contribution is -2.33. The number of hydrogen-bond donors (Lipinski definition) is 3. The first-order valence-corrected chi connectivity index (χ1v) is 8.81. The number of hydrogen-bond acceptors (Lipinski definition) is 5. The van der Waals surface area contributed by atoms with Crippen LogP contribution in [0.4, 0.5) is 0 Å². The summed E-state index contributed by atoms with van der Waals surface area (Å²) in [5, 5.41) is 6.60. The van der Waals surface area contributed by atoms with E-state index in [1.54, 1.807) is 6.92 Å². The zero-order chi connectivity index (χ0) is 15.6. The van der Waals surface area contributed by atoms with E-state index < -0.39 is 10.0 Å². The fourth-order valence-electron chi connectivity index (χ4n) is 2.69. The average Bonchev–Trinajstić information content (AvgIpc) is 3.03. The second-order valence-electron chi connectivity index (χ2n) is 5.93. The minimum absolute atomic E-state index is 0.0289. The van der Waals surface area contributed by atoms with Gasteiger partial charge in [-0.25, -0.2) is 13.1 Å². The summed E-state index contributed by atoms with van der Waals surface area (Å²) >= 11 is 0. The maximum Gasteiger partial charge on any atom is 0.260 e. The summed E-state index contributed by atoms with van der Waals surface area (Å²) in [6.07, 6.45) is 1.02. The van der Waals surface area contributed by atoms with Gasteiger partial charge in [-0.3, -0.25) is 5.10 Å². The molecule has 1 fully saturated rings. The minimum atomic E-state index is -3.60. The Labute approximate surface area is 126 Å². The third-order valence-corrected chi connectivity index (χ3v) is 5.50. The molecule has 1 unspecified atom stereocenters. The lowest BCUT2D eigenvalue weighted by molar-refractivity contribution is 0.265. The highest BCUT2D eigenvalue weighted by molar-refractivity contribution is 7.89. The lowest BCUT2D eigenvalue weighted by Gasteiger charge is -2.20. The molecule has 1 aliphatic rings. The van der Waals surface area contributed by atoms with Crippen molar-refractivity contribution < 1.29 is 8.42 Å². The van der Waals surface area contributed by atoms with Gasteiger partial charge in [0.25, 0.3) is 10.0 Å². The summed E-state index contributed by atoms with van der Waals surface area (Å²) in [5.74, 6) is 0.351. The minimum Gasteiger partial charge on any atom is -0.326 e. The van der Waals surface area contributed by atoms with Gasteiger partial charge in [0.15, 0.2) is 5.03 Å². The van der Waals surface area contributed by atoms with Gasteiger partial charge < -0.3 is 10.6 Å². The van der Waals surface area contributed by atoms with Gasteiger partial charge in [-0.15, -0.1) is 0 Å². The fourth-order valence-corrected chi connectivity index (χ4v) is 4.01. The zero-order valence-electron chi connectivity index (χ0n) is 12.9. The molecule has 2 rings (SSSR count). The third kappa shape index (κ3) is 3.63. The molecule has 1 aromatic heterocycles. The highest BCUT2D eigenvalue weighted by atomic mass is 32.2. The molecule has 0 saturated carbocycles. The smallest absolute Gasteiger partial charge is 0.260 e. The van der Waals surface area contributed by atoms with E-state index in [1.807, 2.05) is 0 Å². The number of aryl methyl sites for hydroxylation is 1. The largest absolute Gasteiger partial charge is 0.326 e. The molecule has 21 heavy (non-hydrogen) atoms. The molecule has 1 atom stereocenters. The van der Waals surface area contributed by atoms with E-state index in [2.05, 4.69) is 33.7 Å². The molecule has 8 heteroatoms. The van der Waals surface area contributed by atoms with Crippen LogP contribution in [0.2, 0.25) is 0 Å². The number of nitrogens with two attached hydrogens (primary N) is 1. The van der Waals surface area contributed by atoms with Gasteiger partial charge in [0.05, 0.1) is 0 Å². The van der Waals surface area contributed by atoms with Crippen molar-refractivity contribution in [2.75, 3.05) is 19.6 Å². The molecule has 1 aliphatic heterocycles. The highest BCUT2D eigenvalue weighted by Crippen LogP contribution is 2.19. The molecule has 1 saturated heterocycles. The van der Waals surface area contributed by atoms with Crippen LogP contribution in [0.25, 0.3) is 0 Å². The lowest BCUT2D eigenvalue weighted by atomic mass is 10.1. The van der Waals surface area contributed by atoms with Crippen molar-refractivity contribution in [2.45, 2.75) is 44.8 Å². The van der Waals surface area contributed by atoms with Crippen molar-refractivity contribution >= 4 is 10.0 Å². The van der Waals surface area contributed by atoms with Crippen molar-refractivity contribution in [3.63, 3.8) is 0 Å². The van der Waals surface area contributed by atoms with E-state index in [9.17, 15) is 8.42 Å². The van der Waals surface area contributed by atoms with Gasteiger partial charge in [-0.2, -0.15) is 5.10 Å².